The van der Waals surface area contributed by atoms with Gasteiger partial charge in [0, 0.05) is 21.6 Å². The first kappa shape index (κ1) is 14.0. The van der Waals surface area contributed by atoms with Gasteiger partial charge in [0.25, 0.3) is 0 Å². The van der Waals surface area contributed by atoms with Crippen LogP contribution in [0.3, 0.4) is 0 Å². The minimum Gasteiger partial charge on any atom is -0.307 e. The van der Waals surface area contributed by atoms with Crippen molar-refractivity contribution in [3.05, 3.63) is 33.3 Å². The highest BCUT2D eigenvalue weighted by Gasteiger charge is 2.14. The second-order valence-electron chi connectivity index (χ2n) is 4.59. The van der Waals surface area contributed by atoms with E-state index in [9.17, 15) is 0 Å². The Morgan fingerprint density at radius 3 is 2.31 bits per heavy atom. The van der Waals surface area contributed by atoms with E-state index in [1.165, 1.54) is 0 Å². The van der Waals surface area contributed by atoms with E-state index in [1.807, 2.05) is 12.1 Å². The monoisotopic (exact) mass is 303 g/mol. The summed E-state index contributed by atoms with van der Waals surface area (Å²) in [7, 11) is 0. The van der Waals surface area contributed by atoms with Gasteiger partial charge in [-0.2, -0.15) is 0 Å². The first-order chi connectivity index (χ1) is 7.41. The first-order valence-electron chi connectivity index (χ1n) is 5.62. The standard InChI is InChI=1S/C13H19BrClN/c1-8(2)9(3)16-10(4)12-6-5-11(14)7-13(12)15/h5-10,16H,1-4H3. The average Bonchev–Trinajstić information content (AvgIpc) is 2.16. The molecule has 0 bridgehead atoms. The fourth-order valence-corrected chi connectivity index (χ4v) is 2.37. The quantitative estimate of drug-likeness (QED) is 0.842. The van der Waals surface area contributed by atoms with Gasteiger partial charge in [0.2, 0.25) is 0 Å². The smallest absolute Gasteiger partial charge is 0.0464 e. The lowest BCUT2D eigenvalue weighted by atomic mass is 10.0. The Kier molecular flexibility index (Phi) is 5.29. The van der Waals surface area contributed by atoms with E-state index in [4.69, 9.17) is 11.6 Å². The fraction of sp³-hybridized carbons (Fsp3) is 0.538. The maximum absolute atomic E-state index is 6.22. The summed E-state index contributed by atoms with van der Waals surface area (Å²) in [5, 5.41) is 4.37. The zero-order chi connectivity index (χ0) is 12.3. The highest BCUT2D eigenvalue weighted by atomic mass is 79.9. The molecule has 0 saturated heterocycles. The summed E-state index contributed by atoms with van der Waals surface area (Å²) >= 11 is 9.63. The van der Waals surface area contributed by atoms with Crippen molar-refractivity contribution in [2.24, 2.45) is 5.92 Å². The van der Waals surface area contributed by atoms with E-state index in [1.54, 1.807) is 0 Å². The van der Waals surface area contributed by atoms with E-state index in [0.29, 0.717) is 12.0 Å². The normalized spacial score (nSPS) is 15.2. The van der Waals surface area contributed by atoms with Crippen LogP contribution in [-0.4, -0.2) is 6.04 Å². The molecule has 16 heavy (non-hydrogen) atoms. The largest absolute Gasteiger partial charge is 0.307 e. The molecule has 0 spiro atoms. The molecule has 3 heteroatoms. The lowest BCUT2D eigenvalue weighted by Gasteiger charge is -2.23. The van der Waals surface area contributed by atoms with Crippen molar-refractivity contribution < 1.29 is 0 Å². The molecule has 0 aliphatic carbocycles. The van der Waals surface area contributed by atoms with E-state index in [2.05, 4.69) is 55.0 Å². The molecule has 0 saturated carbocycles. The van der Waals surface area contributed by atoms with Crippen molar-refractivity contribution in [1.29, 1.82) is 0 Å². The third kappa shape index (κ3) is 3.76. The summed E-state index contributed by atoms with van der Waals surface area (Å²) in [6, 6.07) is 6.79. The molecule has 1 aromatic carbocycles. The molecule has 0 fully saturated rings. The molecule has 1 nitrogen and oxygen atoms in total. The summed E-state index contributed by atoms with van der Waals surface area (Å²) in [5.74, 6) is 0.622. The van der Waals surface area contributed by atoms with E-state index in [-0.39, 0.29) is 6.04 Å². The summed E-state index contributed by atoms with van der Waals surface area (Å²) in [6.07, 6.45) is 0. The summed E-state index contributed by atoms with van der Waals surface area (Å²) in [4.78, 5) is 0. The number of rotatable bonds is 4. The van der Waals surface area contributed by atoms with Gasteiger partial charge in [-0.25, -0.2) is 0 Å². The Bertz CT molecular complexity index is 352. The maximum Gasteiger partial charge on any atom is 0.0464 e. The van der Waals surface area contributed by atoms with Crippen LogP contribution in [0.1, 0.15) is 39.3 Å². The van der Waals surface area contributed by atoms with Gasteiger partial charge in [0.15, 0.2) is 0 Å². The number of benzene rings is 1. The molecule has 0 heterocycles. The second kappa shape index (κ2) is 6.04. The summed E-state index contributed by atoms with van der Waals surface area (Å²) < 4.78 is 1.02. The van der Waals surface area contributed by atoms with Gasteiger partial charge in [-0.3, -0.25) is 0 Å². The van der Waals surface area contributed by atoms with Crippen molar-refractivity contribution in [2.45, 2.75) is 39.8 Å². The molecule has 1 aromatic rings. The number of halogens is 2. The highest BCUT2D eigenvalue weighted by molar-refractivity contribution is 9.10. The Hall–Kier alpha value is -0.0500. The van der Waals surface area contributed by atoms with Crippen LogP contribution in [0.4, 0.5) is 0 Å². The average molecular weight is 305 g/mol. The van der Waals surface area contributed by atoms with Gasteiger partial charge in [-0.15, -0.1) is 0 Å². The molecule has 0 aromatic heterocycles. The van der Waals surface area contributed by atoms with Gasteiger partial charge in [0.1, 0.15) is 0 Å². The van der Waals surface area contributed by atoms with Crippen LogP contribution in [0.5, 0.6) is 0 Å². The van der Waals surface area contributed by atoms with Gasteiger partial charge in [-0.05, 0) is 37.5 Å². The molecule has 0 aliphatic rings. The SMILES string of the molecule is CC(NC(C)C(C)C)c1ccc(Br)cc1Cl. The van der Waals surface area contributed by atoms with Crippen molar-refractivity contribution >= 4 is 27.5 Å². The van der Waals surface area contributed by atoms with E-state index in [0.717, 1.165) is 15.1 Å². The molecule has 0 aliphatic heterocycles. The van der Waals surface area contributed by atoms with Crippen LogP contribution >= 0.6 is 27.5 Å². The molecular formula is C13H19BrClN. The topological polar surface area (TPSA) is 12.0 Å². The van der Waals surface area contributed by atoms with Crippen LogP contribution in [0.25, 0.3) is 0 Å². The Morgan fingerprint density at radius 2 is 1.81 bits per heavy atom. The fourth-order valence-electron chi connectivity index (χ4n) is 1.53. The van der Waals surface area contributed by atoms with Crippen molar-refractivity contribution in [3.63, 3.8) is 0 Å². The Labute approximate surface area is 112 Å². The number of hydrogen-bond acceptors (Lipinski definition) is 1. The van der Waals surface area contributed by atoms with Crippen molar-refractivity contribution in [3.8, 4) is 0 Å². The minimum atomic E-state index is 0.276. The molecule has 2 unspecified atom stereocenters. The molecule has 90 valence electrons. The zero-order valence-corrected chi connectivity index (χ0v) is 12.6. The molecule has 0 amide bonds. The van der Waals surface area contributed by atoms with Gasteiger partial charge in [0.05, 0.1) is 0 Å². The van der Waals surface area contributed by atoms with Crippen LogP contribution in [0.15, 0.2) is 22.7 Å². The van der Waals surface area contributed by atoms with Crippen molar-refractivity contribution in [1.82, 2.24) is 5.32 Å². The Morgan fingerprint density at radius 1 is 1.19 bits per heavy atom. The maximum atomic E-state index is 6.22. The third-order valence-corrected chi connectivity index (χ3v) is 3.76. The van der Waals surface area contributed by atoms with Gasteiger partial charge < -0.3 is 5.32 Å². The lowest BCUT2D eigenvalue weighted by molar-refractivity contribution is 0.389. The molecule has 1 N–H and O–H groups in total. The predicted molar refractivity (Wildman–Crippen MR) is 75.0 cm³/mol. The molecular weight excluding hydrogens is 286 g/mol. The number of nitrogens with one attached hydrogen (secondary N) is 1. The van der Waals surface area contributed by atoms with Crippen LogP contribution in [-0.2, 0) is 0 Å². The van der Waals surface area contributed by atoms with Crippen molar-refractivity contribution in [2.75, 3.05) is 0 Å². The molecule has 0 radical (unpaired) electrons. The van der Waals surface area contributed by atoms with Crippen LogP contribution in [0, 0.1) is 5.92 Å². The highest BCUT2D eigenvalue weighted by Crippen LogP contribution is 2.26. The van der Waals surface area contributed by atoms with Crippen LogP contribution < -0.4 is 5.32 Å². The third-order valence-electron chi connectivity index (χ3n) is 2.94. The second-order valence-corrected chi connectivity index (χ2v) is 5.91. The van der Waals surface area contributed by atoms with Crippen LogP contribution in [0.2, 0.25) is 5.02 Å². The molecule has 1 rings (SSSR count). The summed E-state index contributed by atoms with van der Waals surface area (Å²) in [5.41, 5.74) is 1.15. The molecule has 2 atom stereocenters. The summed E-state index contributed by atoms with van der Waals surface area (Å²) in [6.45, 7) is 8.78. The predicted octanol–water partition coefficient (Wildman–Crippen LogP) is 4.80. The first-order valence-corrected chi connectivity index (χ1v) is 6.80. The van der Waals surface area contributed by atoms with E-state index >= 15 is 0 Å². The van der Waals surface area contributed by atoms with Gasteiger partial charge in [-0.1, -0.05) is 47.4 Å². The minimum absolute atomic E-state index is 0.276. The lowest BCUT2D eigenvalue weighted by Crippen LogP contribution is -2.33. The van der Waals surface area contributed by atoms with Gasteiger partial charge >= 0.3 is 0 Å². The zero-order valence-electron chi connectivity index (χ0n) is 10.2. The Balaban J connectivity index is 2.76. The van der Waals surface area contributed by atoms with E-state index < -0.39 is 0 Å². The number of hydrogen-bond donors (Lipinski definition) is 1.